The quantitative estimate of drug-likeness (QED) is 0.630. The summed E-state index contributed by atoms with van der Waals surface area (Å²) < 4.78 is 0. The summed E-state index contributed by atoms with van der Waals surface area (Å²) in [6.45, 7) is 4.98. The van der Waals surface area contributed by atoms with E-state index in [9.17, 15) is 10.1 Å². The molecular weight excluding hydrogens is 254 g/mol. The average molecular weight is 277 g/mol. The molecule has 0 amide bonds. The van der Waals surface area contributed by atoms with Crippen molar-refractivity contribution in [1.82, 2.24) is 0 Å². The largest absolute Gasteiger partial charge is 0.385 e. The first kappa shape index (κ1) is 14.6. The van der Waals surface area contributed by atoms with Crippen LogP contribution in [0.2, 0.25) is 0 Å². The third kappa shape index (κ3) is 3.62. The molecule has 2 atom stereocenters. The van der Waals surface area contributed by atoms with Crippen LogP contribution in [0, 0.1) is 16.0 Å². The highest BCUT2D eigenvalue weighted by Crippen LogP contribution is 2.30. The Morgan fingerprint density at radius 2 is 1.95 bits per heavy atom. The van der Waals surface area contributed by atoms with Crippen molar-refractivity contribution < 1.29 is 4.92 Å². The number of nitro benzene ring substituents is 1. The minimum absolute atomic E-state index is 0.134. The van der Waals surface area contributed by atoms with Gasteiger partial charge in [-0.3, -0.25) is 10.1 Å². The lowest BCUT2D eigenvalue weighted by atomic mass is 9.86. The number of nitro groups is 1. The summed E-state index contributed by atoms with van der Waals surface area (Å²) in [7, 11) is 0. The molecule has 0 spiro atoms. The van der Waals surface area contributed by atoms with Gasteiger partial charge in [-0.1, -0.05) is 19.8 Å². The lowest BCUT2D eigenvalue weighted by molar-refractivity contribution is -0.384. The molecule has 0 aliphatic heterocycles. The second-order valence-corrected chi connectivity index (χ2v) is 5.57. The van der Waals surface area contributed by atoms with Crippen molar-refractivity contribution in [2.24, 2.45) is 5.92 Å². The Morgan fingerprint density at radius 1 is 1.25 bits per heavy atom. The molecule has 0 radical (unpaired) electrons. The maximum Gasteiger partial charge on any atom is 0.273 e. The van der Waals surface area contributed by atoms with E-state index >= 15 is 0 Å². The maximum absolute atomic E-state index is 11.0. The zero-order valence-corrected chi connectivity index (χ0v) is 12.2. The highest BCUT2D eigenvalue weighted by Gasteiger charge is 2.21. The summed E-state index contributed by atoms with van der Waals surface area (Å²) in [6.07, 6.45) is 4.89. The molecule has 2 rings (SSSR count). The zero-order valence-electron chi connectivity index (χ0n) is 12.2. The van der Waals surface area contributed by atoms with Crippen LogP contribution >= 0.6 is 0 Å². The van der Waals surface area contributed by atoms with Crippen molar-refractivity contribution >= 4 is 17.1 Å². The first-order valence-corrected chi connectivity index (χ1v) is 7.40. The summed E-state index contributed by atoms with van der Waals surface area (Å²) in [5.41, 5.74) is 1.77. The Morgan fingerprint density at radius 3 is 2.60 bits per heavy atom. The Hall–Kier alpha value is -1.78. The predicted molar refractivity (Wildman–Crippen MR) is 82.3 cm³/mol. The van der Waals surface area contributed by atoms with Crippen LogP contribution < -0.4 is 10.6 Å². The fourth-order valence-corrected chi connectivity index (χ4v) is 2.85. The molecule has 1 saturated carbocycles. The van der Waals surface area contributed by atoms with Crippen molar-refractivity contribution in [3.8, 4) is 0 Å². The summed E-state index contributed by atoms with van der Waals surface area (Å²) in [4.78, 5) is 10.7. The van der Waals surface area contributed by atoms with Gasteiger partial charge in [-0.15, -0.1) is 0 Å². The second kappa shape index (κ2) is 6.59. The smallest absolute Gasteiger partial charge is 0.273 e. The third-order valence-corrected chi connectivity index (χ3v) is 3.97. The van der Waals surface area contributed by atoms with Gasteiger partial charge in [-0.25, -0.2) is 0 Å². The first-order valence-electron chi connectivity index (χ1n) is 7.40. The van der Waals surface area contributed by atoms with Crippen LogP contribution in [0.1, 0.15) is 39.5 Å². The van der Waals surface area contributed by atoms with Crippen LogP contribution in [-0.4, -0.2) is 17.5 Å². The summed E-state index contributed by atoms with van der Waals surface area (Å²) in [5.74, 6) is 0.616. The zero-order chi connectivity index (χ0) is 14.5. The van der Waals surface area contributed by atoms with Crippen LogP contribution in [0.3, 0.4) is 0 Å². The normalized spacial score (nSPS) is 22.3. The van der Waals surface area contributed by atoms with Gasteiger partial charge in [0.1, 0.15) is 0 Å². The van der Waals surface area contributed by atoms with Crippen LogP contribution in [0.25, 0.3) is 0 Å². The molecule has 0 heterocycles. The summed E-state index contributed by atoms with van der Waals surface area (Å²) >= 11 is 0. The maximum atomic E-state index is 11.0. The Labute approximate surface area is 119 Å². The SMILES string of the molecule is CCNc1cc(NC2CCCCC2C)cc([N+](=O)[O-])c1. The molecule has 1 aromatic carbocycles. The van der Waals surface area contributed by atoms with Gasteiger partial charge in [0.25, 0.3) is 5.69 Å². The van der Waals surface area contributed by atoms with E-state index in [2.05, 4.69) is 17.6 Å². The van der Waals surface area contributed by atoms with Gasteiger partial charge < -0.3 is 10.6 Å². The van der Waals surface area contributed by atoms with Crippen LogP contribution in [0.4, 0.5) is 17.1 Å². The molecule has 5 nitrogen and oxygen atoms in total. The number of nitrogens with one attached hydrogen (secondary N) is 2. The minimum Gasteiger partial charge on any atom is -0.385 e. The topological polar surface area (TPSA) is 67.2 Å². The highest BCUT2D eigenvalue weighted by molar-refractivity contribution is 5.63. The van der Waals surface area contributed by atoms with E-state index in [1.807, 2.05) is 13.0 Å². The molecule has 2 unspecified atom stereocenters. The lowest BCUT2D eigenvalue weighted by Gasteiger charge is -2.30. The fourth-order valence-electron chi connectivity index (χ4n) is 2.85. The standard InChI is InChI=1S/C15H23N3O2/c1-3-16-12-8-13(10-14(9-12)18(19)20)17-15-7-5-4-6-11(15)2/h8-11,15-17H,3-7H2,1-2H3. The van der Waals surface area contributed by atoms with E-state index in [0.717, 1.165) is 24.3 Å². The molecule has 1 fully saturated rings. The van der Waals surface area contributed by atoms with E-state index in [1.54, 1.807) is 12.1 Å². The number of benzene rings is 1. The second-order valence-electron chi connectivity index (χ2n) is 5.57. The van der Waals surface area contributed by atoms with Gasteiger partial charge in [0.2, 0.25) is 0 Å². The van der Waals surface area contributed by atoms with Gasteiger partial charge in [0.05, 0.1) is 4.92 Å². The van der Waals surface area contributed by atoms with Gasteiger partial charge in [-0.2, -0.15) is 0 Å². The lowest BCUT2D eigenvalue weighted by Crippen LogP contribution is -2.30. The molecule has 20 heavy (non-hydrogen) atoms. The van der Waals surface area contributed by atoms with Crippen molar-refractivity contribution in [3.05, 3.63) is 28.3 Å². The monoisotopic (exact) mass is 277 g/mol. The molecule has 0 bridgehead atoms. The van der Waals surface area contributed by atoms with Crippen LogP contribution in [0.5, 0.6) is 0 Å². The number of non-ortho nitro benzene ring substituents is 1. The number of anilines is 2. The highest BCUT2D eigenvalue weighted by atomic mass is 16.6. The van der Waals surface area contributed by atoms with Crippen molar-refractivity contribution in [3.63, 3.8) is 0 Å². The van der Waals surface area contributed by atoms with Crippen molar-refractivity contribution in [1.29, 1.82) is 0 Å². The van der Waals surface area contributed by atoms with Crippen molar-refractivity contribution in [2.45, 2.75) is 45.6 Å². The molecular formula is C15H23N3O2. The molecule has 0 saturated heterocycles. The molecule has 1 aliphatic carbocycles. The van der Waals surface area contributed by atoms with Gasteiger partial charge in [-0.05, 0) is 31.7 Å². The molecule has 0 aromatic heterocycles. The van der Waals surface area contributed by atoms with E-state index < -0.39 is 0 Å². The minimum atomic E-state index is -0.337. The van der Waals surface area contributed by atoms with Crippen LogP contribution in [0.15, 0.2) is 18.2 Å². The molecule has 1 aromatic rings. The molecule has 5 heteroatoms. The first-order chi connectivity index (χ1) is 9.60. The van der Waals surface area contributed by atoms with Gasteiger partial charge >= 0.3 is 0 Å². The Bertz CT molecular complexity index is 476. The molecule has 110 valence electrons. The molecule has 2 N–H and O–H groups in total. The van der Waals surface area contributed by atoms with E-state index in [1.165, 1.54) is 19.3 Å². The summed E-state index contributed by atoms with van der Waals surface area (Å²) in [6, 6.07) is 5.58. The van der Waals surface area contributed by atoms with E-state index in [4.69, 9.17) is 0 Å². The third-order valence-electron chi connectivity index (χ3n) is 3.97. The number of hydrogen-bond donors (Lipinski definition) is 2. The van der Waals surface area contributed by atoms with Crippen molar-refractivity contribution in [2.75, 3.05) is 17.2 Å². The predicted octanol–water partition coefficient (Wildman–Crippen LogP) is 4.02. The summed E-state index contributed by atoms with van der Waals surface area (Å²) in [5, 5.41) is 17.6. The fraction of sp³-hybridized carbons (Fsp3) is 0.600. The van der Waals surface area contributed by atoms with Gasteiger partial charge in [0.15, 0.2) is 0 Å². The average Bonchev–Trinajstić information content (AvgIpc) is 2.41. The number of nitrogens with zero attached hydrogens (tertiary/aromatic N) is 1. The Balaban J connectivity index is 2.18. The van der Waals surface area contributed by atoms with Gasteiger partial charge in [0, 0.05) is 36.1 Å². The number of rotatable bonds is 5. The van der Waals surface area contributed by atoms with E-state index in [0.29, 0.717) is 12.0 Å². The number of hydrogen-bond acceptors (Lipinski definition) is 4. The van der Waals surface area contributed by atoms with Crippen LogP contribution in [-0.2, 0) is 0 Å². The van der Waals surface area contributed by atoms with E-state index in [-0.39, 0.29) is 10.6 Å². The Kier molecular flexibility index (Phi) is 4.82. The molecule has 1 aliphatic rings.